The van der Waals surface area contributed by atoms with Crippen molar-refractivity contribution in [3.63, 3.8) is 0 Å². The third-order valence-electron chi connectivity index (χ3n) is 4.75. The molecule has 13 heteroatoms. The number of amides is 1. The van der Waals surface area contributed by atoms with E-state index in [0.717, 1.165) is 11.7 Å². The van der Waals surface area contributed by atoms with Crippen LogP contribution < -0.4 is 5.32 Å². The lowest BCUT2D eigenvalue weighted by molar-refractivity contribution is -0.142. The molecule has 0 aliphatic carbocycles. The Kier molecular flexibility index (Phi) is 6.27. The minimum atomic E-state index is -3.94. The number of nitrogens with zero attached hydrogens (tertiary/aromatic N) is 4. The molecule has 2 aromatic heterocycles. The zero-order chi connectivity index (χ0) is 22.0. The van der Waals surface area contributed by atoms with Crippen molar-refractivity contribution in [2.75, 3.05) is 18.5 Å². The number of ether oxygens (including phenoxy) is 1. The number of sulfonamides is 1. The molecule has 3 heterocycles. The largest absolute Gasteiger partial charge is 0.466 e. The minimum Gasteiger partial charge on any atom is -0.466 e. The third kappa shape index (κ3) is 4.44. The van der Waals surface area contributed by atoms with Crippen LogP contribution in [0.15, 0.2) is 28.5 Å². The van der Waals surface area contributed by atoms with E-state index in [4.69, 9.17) is 4.74 Å². The van der Waals surface area contributed by atoms with Gasteiger partial charge in [0.1, 0.15) is 22.0 Å². The number of fused-ring (bicyclic) bond motifs is 1. The van der Waals surface area contributed by atoms with Gasteiger partial charge in [-0.25, -0.2) is 13.4 Å². The molecular weight excluding hydrogens is 462 g/mol. The molecule has 1 aromatic carbocycles. The summed E-state index contributed by atoms with van der Waals surface area (Å²) in [4.78, 5) is 28.7. The average Bonchev–Trinajstić information content (AvgIpc) is 3.48. The summed E-state index contributed by atoms with van der Waals surface area (Å²) < 4.78 is 40.9. The van der Waals surface area contributed by atoms with Crippen LogP contribution in [0.25, 0.3) is 11.0 Å². The van der Waals surface area contributed by atoms with E-state index in [0.29, 0.717) is 34.7 Å². The Morgan fingerprint density at radius 3 is 2.97 bits per heavy atom. The average molecular weight is 482 g/mol. The quantitative estimate of drug-likeness (QED) is 0.507. The normalized spacial score (nSPS) is 17.1. The van der Waals surface area contributed by atoms with Crippen molar-refractivity contribution >= 4 is 61.1 Å². The van der Waals surface area contributed by atoms with Gasteiger partial charge in [0.05, 0.1) is 30.4 Å². The molecule has 1 aliphatic heterocycles. The first-order valence-electron chi connectivity index (χ1n) is 9.54. The summed E-state index contributed by atoms with van der Waals surface area (Å²) in [6.07, 6.45) is 0.974. The highest BCUT2D eigenvalue weighted by Gasteiger charge is 2.40. The number of hydrogen-bond acceptors (Lipinski definition) is 10. The lowest BCUT2D eigenvalue weighted by Crippen LogP contribution is -2.43. The number of carbonyl (C=O) groups excluding carboxylic acids is 2. The number of hydrogen-bond donors (Lipinski definition) is 1. The van der Waals surface area contributed by atoms with Crippen LogP contribution in [0.4, 0.5) is 5.13 Å². The van der Waals surface area contributed by atoms with Crippen molar-refractivity contribution in [2.24, 2.45) is 0 Å². The topological polar surface area (TPSA) is 131 Å². The van der Waals surface area contributed by atoms with Crippen LogP contribution in [0.2, 0.25) is 0 Å². The van der Waals surface area contributed by atoms with Gasteiger partial charge in [0.25, 0.3) is 0 Å². The summed E-state index contributed by atoms with van der Waals surface area (Å²) in [7, 11) is -3.94. The van der Waals surface area contributed by atoms with Gasteiger partial charge in [-0.1, -0.05) is 6.07 Å². The molecule has 0 spiro atoms. The maximum absolute atomic E-state index is 13.3. The first kappa shape index (κ1) is 21.7. The van der Waals surface area contributed by atoms with Gasteiger partial charge < -0.3 is 10.1 Å². The summed E-state index contributed by atoms with van der Waals surface area (Å²) in [6.45, 7) is 2.24. The van der Waals surface area contributed by atoms with E-state index in [-0.39, 0.29) is 24.5 Å². The highest BCUT2D eigenvalue weighted by molar-refractivity contribution is 7.89. The molecule has 10 nitrogen and oxygen atoms in total. The molecule has 1 N–H and O–H groups in total. The monoisotopic (exact) mass is 481 g/mol. The molecule has 1 atom stereocenters. The van der Waals surface area contributed by atoms with Crippen molar-refractivity contribution in [1.29, 1.82) is 0 Å². The van der Waals surface area contributed by atoms with Crippen molar-refractivity contribution in [2.45, 2.75) is 37.1 Å². The fourth-order valence-corrected chi connectivity index (χ4v) is 6.52. The summed E-state index contributed by atoms with van der Waals surface area (Å²) >= 11 is 2.11. The molecule has 1 fully saturated rings. The van der Waals surface area contributed by atoms with Gasteiger partial charge in [0.15, 0.2) is 5.13 Å². The van der Waals surface area contributed by atoms with Crippen molar-refractivity contribution < 1.29 is 22.7 Å². The predicted molar refractivity (Wildman–Crippen MR) is 115 cm³/mol. The number of nitrogens with one attached hydrogen (secondary N) is 1. The first-order valence-corrected chi connectivity index (χ1v) is 12.6. The lowest BCUT2D eigenvalue weighted by atomic mass is 10.2. The Morgan fingerprint density at radius 2 is 2.16 bits per heavy atom. The van der Waals surface area contributed by atoms with Gasteiger partial charge in [-0.3, -0.25) is 9.59 Å². The first-order chi connectivity index (χ1) is 14.9. The van der Waals surface area contributed by atoms with Crippen LogP contribution in [0.5, 0.6) is 0 Å². The number of carbonyl (C=O) groups is 2. The van der Waals surface area contributed by atoms with Crippen LogP contribution in [0.1, 0.15) is 25.5 Å². The van der Waals surface area contributed by atoms with Crippen molar-refractivity contribution in [3.8, 4) is 0 Å². The van der Waals surface area contributed by atoms with E-state index in [9.17, 15) is 18.0 Å². The number of rotatable bonds is 7. The minimum absolute atomic E-state index is 0.00975. The van der Waals surface area contributed by atoms with E-state index in [1.165, 1.54) is 21.7 Å². The number of aromatic nitrogens is 3. The summed E-state index contributed by atoms with van der Waals surface area (Å²) in [6, 6.07) is 3.93. The Labute approximate surface area is 186 Å². The van der Waals surface area contributed by atoms with E-state index in [1.54, 1.807) is 24.4 Å². The molecular formula is C18H19N5O5S3. The van der Waals surface area contributed by atoms with E-state index < -0.39 is 27.9 Å². The van der Waals surface area contributed by atoms with Gasteiger partial charge in [-0.05, 0) is 31.9 Å². The molecule has 0 saturated carbocycles. The van der Waals surface area contributed by atoms with Crippen molar-refractivity contribution in [3.05, 3.63) is 29.3 Å². The summed E-state index contributed by atoms with van der Waals surface area (Å²) in [5.74, 6) is -0.855. The van der Waals surface area contributed by atoms with E-state index >= 15 is 0 Å². The predicted octanol–water partition coefficient (Wildman–Crippen LogP) is 2.05. The molecule has 0 bridgehead atoms. The Bertz CT molecular complexity index is 1220. The highest BCUT2D eigenvalue weighted by atomic mass is 32.2. The maximum Gasteiger partial charge on any atom is 0.311 e. The molecule has 164 valence electrons. The second-order valence-electron chi connectivity index (χ2n) is 6.78. The summed E-state index contributed by atoms with van der Waals surface area (Å²) in [5.41, 5.74) is 1.29. The SMILES string of the molecule is CCOC(=O)Cc1csc(NC(=O)[C@H]2CCCN2S(=O)(=O)c2cccc3nsnc23)n1. The lowest BCUT2D eigenvalue weighted by Gasteiger charge is -2.23. The van der Waals surface area contributed by atoms with Crippen LogP contribution in [-0.4, -0.2) is 57.5 Å². The van der Waals surface area contributed by atoms with Gasteiger partial charge in [0, 0.05) is 11.9 Å². The van der Waals surface area contributed by atoms with E-state index in [2.05, 4.69) is 19.0 Å². The fourth-order valence-electron chi connectivity index (χ4n) is 3.40. The molecule has 1 saturated heterocycles. The third-order valence-corrected chi connectivity index (χ3v) is 8.04. The van der Waals surface area contributed by atoms with Gasteiger partial charge in [0.2, 0.25) is 15.9 Å². The molecule has 1 aliphatic rings. The van der Waals surface area contributed by atoms with Crippen LogP contribution in [-0.2, 0) is 30.8 Å². The number of anilines is 1. The molecule has 4 rings (SSSR count). The van der Waals surface area contributed by atoms with Gasteiger partial charge in [-0.2, -0.15) is 13.1 Å². The zero-order valence-corrected chi connectivity index (χ0v) is 18.9. The smallest absolute Gasteiger partial charge is 0.311 e. The molecule has 31 heavy (non-hydrogen) atoms. The Hall–Kier alpha value is -2.48. The van der Waals surface area contributed by atoms with Gasteiger partial charge in [-0.15, -0.1) is 11.3 Å². The van der Waals surface area contributed by atoms with E-state index in [1.807, 2.05) is 0 Å². The summed E-state index contributed by atoms with van der Waals surface area (Å²) in [5, 5.41) is 4.64. The number of esters is 1. The second-order valence-corrected chi connectivity index (χ2v) is 10.0. The number of thiazole rings is 1. The van der Waals surface area contributed by atoms with Crippen LogP contribution in [0.3, 0.4) is 0 Å². The molecule has 0 unspecified atom stereocenters. The standard InChI is InChI=1S/C18H19N5O5S3/c1-2-28-15(24)9-11-10-29-18(19-11)20-17(25)13-6-4-8-23(13)31(26,27)14-7-3-5-12-16(14)22-30-21-12/h3,5,7,10,13H,2,4,6,8-9H2,1H3,(H,19,20,25)/t13-/m1/s1. The molecule has 0 radical (unpaired) electrons. The van der Waals surface area contributed by atoms with Crippen LogP contribution >= 0.6 is 23.1 Å². The Morgan fingerprint density at radius 1 is 1.32 bits per heavy atom. The maximum atomic E-state index is 13.3. The van der Waals surface area contributed by atoms with Crippen LogP contribution in [0, 0.1) is 0 Å². The molecule has 1 amide bonds. The second kappa shape index (κ2) is 8.94. The van der Waals surface area contributed by atoms with Gasteiger partial charge >= 0.3 is 5.97 Å². The molecule has 3 aromatic rings. The Balaban J connectivity index is 1.51. The highest BCUT2D eigenvalue weighted by Crippen LogP contribution is 2.30. The zero-order valence-electron chi connectivity index (χ0n) is 16.5. The fraction of sp³-hybridized carbons (Fsp3) is 0.389. The van der Waals surface area contributed by atoms with Crippen molar-refractivity contribution in [1.82, 2.24) is 18.0 Å². The number of benzene rings is 1.